The van der Waals surface area contributed by atoms with E-state index in [0.29, 0.717) is 0 Å². The van der Waals surface area contributed by atoms with Crippen molar-refractivity contribution in [3.8, 4) is 0 Å². The third kappa shape index (κ3) is 3.11. The molecule has 24 heavy (non-hydrogen) atoms. The Morgan fingerprint density at radius 2 is 1.88 bits per heavy atom. The second-order valence-electron chi connectivity index (χ2n) is 6.88. The third-order valence-electron chi connectivity index (χ3n) is 5.76. The number of carbonyl (C=O) groups excluding carboxylic acids is 1. The van der Waals surface area contributed by atoms with Gasteiger partial charge in [-0.3, -0.25) is 4.90 Å². The molecule has 0 aromatic heterocycles. The van der Waals surface area contributed by atoms with Crippen LogP contribution in [0.4, 0.5) is 4.79 Å². The van der Waals surface area contributed by atoms with Gasteiger partial charge in [-0.25, -0.2) is 4.79 Å². The summed E-state index contributed by atoms with van der Waals surface area (Å²) in [5, 5.41) is 0. The quantitative estimate of drug-likeness (QED) is 0.683. The number of benzene rings is 1. The molecule has 0 spiro atoms. The molecule has 0 radical (unpaired) electrons. The van der Waals surface area contributed by atoms with E-state index in [1.807, 2.05) is 35.2 Å². The molecule has 2 aliphatic heterocycles. The molecule has 2 saturated heterocycles. The number of fused-ring (bicyclic) bond motifs is 1. The fourth-order valence-electron chi connectivity index (χ4n) is 3.99. The molecular weight excluding hydrogens is 316 g/mol. The first-order valence-corrected chi connectivity index (χ1v) is 11.8. The van der Waals surface area contributed by atoms with Crippen LogP contribution < -0.4 is 0 Å². The highest BCUT2D eigenvalue weighted by Gasteiger charge is 2.50. The Labute approximate surface area is 148 Å². The first-order chi connectivity index (χ1) is 12.1. The number of urea groups is 1. The molecule has 0 bridgehead atoms. The summed E-state index contributed by atoms with van der Waals surface area (Å²) in [4.78, 5) is 16.7. The maximum absolute atomic E-state index is 13.0. The molecule has 2 heterocycles. The summed E-state index contributed by atoms with van der Waals surface area (Å²) in [6, 6.07) is 12.9. The summed E-state index contributed by atoms with van der Waals surface area (Å²) < 4.78 is 15.5. The van der Waals surface area contributed by atoms with E-state index < -0.39 is 14.8 Å². The van der Waals surface area contributed by atoms with Gasteiger partial charge in [-0.2, -0.15) is 0 Å². The molecule has 4 nitrogen and oxygen atoms in total. The summed E-state index contributed by atoms with van der Waals surface area (Å²) in [5.74, 6) is 0. The molecule has 0 unspecified atom stereocenters. The van der Waals surface area contributed by atoms with Gasteiger partial charge in [0.05, 0.1) is 7.41 Å². The zero-order chi connectivity index (χ0) is 18.0. The minimum Gasteiger partial charge on any atom is -0.395 e. The van der Waals surface area contributed by atoms with Crippen LogP contribution in [0.15, 0.2) is 30.3 Å². The average molecular weight is 348 g/mol. The van der Waals surface area contributed by atoms with Crippen LogP contribution in [0.5, 0.6) is 0 Å². The van der Waals surface area contributed by atoms with Crippen molar-refractivity contribution in [1.29, 1.82) is 0 Å². The van der Waals surface area contributed by atoms with Gasteiger partial charge in [0.1, 0.15) is 6.23 Å². The van der Waals surface area contributed by atoms with Gasteiger partial charge in [0.2, 0.25) is 0 Å². The molecule has 3 atom stereocenters. The van der Waals surface area contributed by atoms with Crippen molar-refractivity contribution in [3.63, 3.8) is 0 Å². The maximum Gasteiger partial charge on any atom is 0.322 e. The molecule has 2 amide bonds. The van der Waals surface area contributed by atoms with Gasteiger partial charge in [-0.1, -0.05) is 51.1 Å². The van der Waals surface area contributed by atoms with E-state index in [1.165, 1.54) is 0 Å². The lowest BCUT2D eigenvalue weighted by molar-refractivity contribution is 0.0451. The van der Waals surface area contributed by atoms with Crippen molar-refractivity contribution in [2.45, 2.75) is 70.5 Å². The van der Waals surface area contributed by atoms with Gasteiger partial charge in [0.25, 0.3) is 0 Å². The molecule has 3 rings (SSSR count). The predicted octanol–water partition coefficient (Wildman–Crippen LogP) is 4.43. The number of nitrogens with zero attached hydrogens (tertiary/aromatic N) is 2. The molecule has 5 heteroatoms. The second kappa shape index (κ2) is 7.27. The van der Waals surface area contributed by atoms with Crippen LogP contribution in [0, 0.1) is 0 Å². The van der Waals surface area contributed by atoms with Gasteiger partial charge in [0, 0.05) is 13.1 Å². The van der Waals surface area contributed by atoms with Crippen molar-refractivity contribution in [1.82, 2.24) is 9.80 Å². The molecular formula is C19H30N2O2Si. The Hall–Kier alpha value is -1.33. The highest BCUT2D eigenvalue weighted by Crippen LogP contribution is 2.36. The summed E-state index contributed by atoms with van der Waals surface area (Å²) in [7, 11) is -1.86. The van der Waals surface area contributed by atoms with E-state index in [-0.39, 0.29) is 18.3 Å². The third-order valence-corrected chi connectivity index (χ3v) is 10.4. The molecule has 0 saturated carbocycles. The number of hydrogen-bond donors (Lipinski definition) is 0. The minimum atomic E-state index is -1.86. The average Bonchev–Trinajstić information content (AvgIpc) is 3.23. The van der Waals surface area contributed by atoms with Crippen molar-refractivity contribution in [2.24, 2.45) is 0 Å². The molecule has 1 aromatic rings. The normalized spacial score (nSPS) is 25.8. The van der Waals surface area contributed by atoms with Crippen molar-refractivity contribution in [3.05, 3.63) is 35.9 Å². The van der Waals surface area contributed by atoms with Crippen LogP contribution >= 0.6 is 0 Å². The monoisotopic (exact) mass is 347 g/mol. The highest BCUT2D eigenvalue weighted by atomic mass is 28.4. The number of carbonyl (C=O) groups is 1. The summed E-state index contributed by atoms with van der Waals surface area (Å²) >= 11 is 0. The first kappa shape index (κ1) is 16.2. The Morgan fingerprint density at radius 3 is 2.50 bits per heavy atom. The zero-order valence-electron chi connectivity index (χ0n) is 16.1. The van der Waals surface area contributed by atoms with Gasteiger partial charge < -0.3 is 9.33 Å². The smallest absolute Gasteiger partial charge is 0.322 e. The van der Waals surface area contributed by atoms with Crippen molar-refractivity contribution >= 4 is 14.3 Å². The van der Waals surface area contributed by atoms with E-state index in [1.54, 1.807) is 4.90 Å². The molecule has 132 valence electrons. The standard InChI is InChI=1S/C19H30N2O2Si/c1-4-24(5-2,6-3)23-18-17-13-10-14-20(17)19(22)21(18)15-16-11-8-7-9-12-16/h7-9,11-12,17-18H,4-6,10,13-15H2,1-3H3/t17-,18+/m0/s1/i15D/t15-,17-,18+. The fraction of sp³-hybridized carbons (Fsp3) is 0.632. The summed E-state index contributed by atoms with van der Waals surface area (Å²) in [6.07, 6.45) is 1.75. The van der Waals surface area contributed by atoms with Crippen LogP contribution in [0.2, 0.25) is 18.1 Å². The van der Waals surface area contributed by atoms with Crippen LogP contribution in [0.3, 0.4) is 0 Å². The lowest BCUT2D eigenvalue weighted by atomic mass is 10.2. The summed E-state index contributed by atoms with van der Waals surface area (Å²) in [6.45, 7) is 6.72. The Morgan fingerprint density at radius 1 is 1.21 bits per heavy atom. The number of rotatable bonds is 7. The van der Waals surface area contributed by atoms with Gasteiger partial charge in [-0.15, -0.1) is 0 Å². The van der Waals surface area contributed by atoms with E-state index in [4.69, 9.17) is 5.80 Å². The molecule has 1 aromatic carbocycles. The van der Waals surface area contributed by atoms with Crippen LogP contribution in [0.1, 0.15) is 40.5 Å². The number of amides is 2. The Bertz CT molecular complexity index is 588. The fourth-order valence-corrected chi connectivity index (χ4v) is 6.77. The maximum atomic E-state index is 13.0. The molecule has 0 N–H and O–H groups in total. The largest absolute Gasteiger partial charge is 0.395 e. The molecule has 2 aliphatic rings. The molecule has 0 aliphatic carbocycles. The summed E-state index contributed by atoms with van der Waals surface area (Å²) in [5.41, 5.74) is 0.849. The lowest BCUT2D eigenvalue weighted by Crippen LogP contribution is -2.48. The topological polar surface area (TPSA) is 32.8 Å². The minimum absolute atomic E-state index is 0.0254. The Balaban J connectivity index is 1.92. The van der Waals surface area contributed by atoms with Gasteiger partial charge in [-0.05, 0) is 36.5 Å². The Kier molecular flexibility index (Phi) is 4.90. The van der Waals surface area contributed by atoms with E-state index in [0.717, 1.165) is 43.1 Å². The zero-order valence-corrected chi connectivity index (χ0v) is 16.1. The second-order valence-corrected chi connectivity index (χ2v) is 11.6. The van der Waals surface area contributed by atoms with E-state index in [9.17, 15) is 4.79 Å². The lowest BCUT2D eigenvalue weighted by Gasteiger charge is -2.36. The van der Waals surface area contributed by atoms with Crippen LogP contribution in [-0.4, -0.2) is 43.0 Å². The van der Waals surface area contributed by atoms with Crippen molar-refractivity contribution in [2.75, 3.05) is 6.54 Å². The number of hydrogen-bond acceptors (Lipinski definition) is 2. The van der Waals surface area contributed by atoms with Gasteiger partial charge >= 0.3 is 6.03 Å². The van der Waals surface area contributed by atoms with Crippen LogP contribution in [0.25, 0.3) is 0 Å². The highest BCUT2D eigenvalue weighted by molar-refractivity contribution is 6.73. The van der Waals surface area contributed by atoms with Crippen LogP contribution in [-0.2, 0) is 10.9 Å². The van der Waals surface area contributed by atoms with Crippen molar-refractivity contribution < 1.29 is 10.6 Å². The van der Waals surface area contributed by atoms with E-state index >= 15 is 0 Å². The predicted molar refractivity (Wildman–Crippen MR) is 99.2 cm³/mol. The SMILES string of the molecule is [2H][C@@H](c1ccccc1)N1C(=O)N2CCC[C@H]2[C@H]1O[Si](CC)(CC)CC. The van der Waals surface area contributed by atoms with E-state index in [2.05, 4.69) is 20.8 Å². The van der Waals surface area contributed by atoms with Gasteiger partial charge in [0.15, 0.2) is 8.32 Å². The molecule has 2 fully saturated rings. The first-order valence-electron chi connectivity index (χ1n) is 9.88.